The van der Waals surface area contributed by atoms with E-state index in [-0.39, 0.29) is 5.41 Å². The van der Waals surface area contributed by atoms with Gasteiger partial charge in [0.25, 0.3) is 0 Å². The molecule has 0 saturated heterocycles. The minimum Gasteiger partial charge on any atom is -0.0628 e. The van der Waals surface area contributed by atoms with Crippen LogP contribution in [0.4, 0.5) is 0 Å². The quantitative estimate of drug-likeness (QED) is 0.172. The van der Waals surface area contributed by atoms with Crippen molar-refractivity contribution in [3.8, 4) is 11.1 Å². The number of rotatable bonds is 14. The van der Waals surface area contributed by atoms with Crippen molar-refractivity contribution in [3.05, 3.63) is 54.7 Å². The highest BCUT2D eigenvalue weighted by atomic mass is 127. The third-order valence-corrected chi connectivity index (χ3v) is 9.71. The lowest BCUT2D eigenvalue weighted by Gasteiger charge is -2.35. The summed E-state index contributed by atoms with van der Waals surface area (Å²) >= 11 is 5.05. The lowest BCUT2D eigenvalue weighted by atomic mass is 9.69. The van der Waals surface area contributed by atoms with Gasteiger partial charge in [-0.2, -0.15) is 0 Å². The Balaban J connectivity index is 1.88. The first kappa shape index (κ1) is 29.5. The molecule has 1 aliphatic carbocycles. The van der Waals surface area contributed by atoms with Crippen molar-refractivity contribution < 1.29 is 0 Å². The van der Waals surface area contributed by atoms with Gasteiger partial charge in [0, 0.05) is 12.6 Å². The maximum Gasteiger partial charge on any atom is 0.0216 e. The van der Waals surface area contributed by atoms with Crippen LogP contribution < -0.4 is 0 Å². The molecule has 0 bridgehead atoms. The fourth-order valence-electron chi connectivity index (χ4n) is 6.13. The van der Waals surface area contributed by atoms with Crippen LogP contribution >= 0.6 is 45.2 Å². The molecule has 2 aromatic rings. The summed E-state index contributed by atoms with van der Waals surface area (Å²) in [4.78, 5) is 0. The van der Waals surface area contributed by atoms with Crippen molar-refractivity contribution in [1.29, 1.82) is 0 Å². The molecule has 2 heteroatoms. The molecule has 0 heterocycles. The molecule has 0 nitrogen and oxygen atoms in total. The molecule has 2 aromatic carbocycles. The summed E-state index contributed by atoms with van der Waals surface area (Å²) in [5.41, 5.74) is 6.40. The number of halogens is 2. The molecule has 35 heavy (non-hydrogen) atoms. The lowest BCUT2D eigenvalue weighted by Crippen LogP contribution is -2.27. The smallest absolute Gasteiger partial charge is 0.0216 e. The fourth-order valence-corrected chi connectivity index (χ4v) is 7.11. The number of hydrogen-bond donors (Lipinski definition) is 0. The zero-order valence-corrected chi connectivity index (χ0v) is 27.4. The molecule has 0 aromatic heterocycles. The standard InChI is InChI=1S/C33H48I2/c1-23(2)9-7-11-25(5)17-19-33(20-18-26(6)12-8-10-24(3)4)31-21-27(34)13-15-29(31)30-16-14-28(35)22-32(30)33/h13-16,21-26H,7-12,17-20H2,1-6H3/t25-,26-/m1/s1. The Morgan fingerprint density at radius 2 is 0.971 bits per heavy atom. The van der Waals surface area contributed by atoms with Crippen molar-refractivity contribution in [2.75, 3.05) is 0 Å². The molecule has 0 saturated carbocycles. The van der Waals surface area contributed by atoms with Crippen LogP contribution in [-0.2, 0) is 5.41 Å². The van der Waals surface area contributed by atoms with Gasteiger partial charge in [-0.05, 0) is 141 Å². The van der Waals surface area contributed by atoms with Crippen molar-refractivity contribution in [1.82, 2.24) is 0 Å². The summed E-state index contributed by atoms with van der Waals surface area (Å²) in [7, 11) is 0. The Bertz CT molecular complexity index is 865. The van der Waals surface area contributed by atoms with Gasteiger partial charge >= 0.3 is 0 Å². The van der Waals surface area contributed by atoms with Gasteiger partial charge < -0.3 is 0 Å². The Morgan fingerprint density at radius 1 is 0.571 bits per heavy atom. The zero-order valence-electron chi connectivity index (χ0n) is 23.1. The Morgan fingerprint density at radius 3 is 1.34 bits per heavy atom. The molecule has 0 radical (unpaired) electrons. The van der Waals surface area contributed by atoms with Crippen LogP contribution in [0.15, 0.2) is 36.4 Å². The molecule has 0 N–H and O–H groups in total. The second-order valence-electron chi connectivity index (χ2n) is 12.4. The van der Waals surface area contributed by atoms with E-state index < -0.39 is 0 Å². The topological polar surface area (TPSA) is 0 Å². The summed E-state index contributed by atoms with van der Waals surface area (Å²) in [6.07, 6.45) is 13.5. The van der Waals surface area contributed by atoms with Gasteiger partial charge in [0.2, 0.25) is 0 Å². The third kappa shape index (κ3) is 7.94. The summed E-state index contributed by atoms with van der Waals surface area (Å²) in [6, 6.07) is 14.5. The van der Waals surface area contributed by atoms with Crippen LogP contribution in [-0.4, -0.2) is 0 Å². The first-order chi connectivity index (χ1) is 16.6. The van der Waals surface area contributed by atoms with Crippen molar-refractivity contribution in [2.24, 2.45) is 23.7 Å². The van der Waals surface area contributed by atoms with Gasteiger partial charge in [-0.3, -0.25) is 0 Å². The lowest BCUT2D eigenvalue weighted by molar-refractivity contribution is 0.327. The maximum atomic E-state index is 2.53. The van der Waals surface area contributed by atoms with Crippen LogP contribution in [0.25, 0.3) is 11.1 Å². The van der Waals surface area contributed by atoms with E-state index >= 15 is 0 Å². The Kier molecular flexibility index (Phi) is 11.5. The van der Waals surface area contributed by atoms with Crippen LogP contribution in [0, 0.1) is 30.8 Å². The van der Waals surface area contributed by atoms with Gasteiger partial charge in [-0.15, -0.1) is 0 Å². The maximum absolute atomic E-state index is 2.53. The van der Waals surface area contributed by atoms with E-state index in [1.54, 1.807) is 11.1 Å². The van der Waals surface area contributed by atoms with E-state index in [0.29, 0.717) is 0 Å². The predicted octanol–water partition coefficient (Wildman–Crippen LogP) is 11.6. The normalized spacial score (nSPS) is 15.9. The van der Waals surface area contributed by atoms with Crippen LogP contribution in [0.2, 0.25) is 0 Å². The molecule has 0 spiro atoms. The minimum atomic E-state index is 0.172. The summed E-state index contributed by atoms with van der Waals surface area (Å²) in [6.45, 7) is 14.4. The monoisotopic (exact) mass is 698 g/mol. The molecule has 0 fully saturated rings. The molecular weight excluding hydrogens is 650 g/mol. The highest BCUT2D eigenvalue weighted by molar-refractivity contribution is 14.1. The van der Waals surface area contributed by atoms with Crippen LogP contribution in [0.3, 0.4) is 0 Å². The van der Waals surface area contributed by atoms with Crippen molar-refractivity contribution >= 4 is 45.2 Å². The van der Waals surface area contributed by atoms with Crippen molar-refractivity contribution in [3.63, 3.8) is 0 Å². The molecular formula is C33H48I2. The average molecular weight is 699 g/mol. The first-order valence-electron chi connectivity index (χ1n) is 14.2. The summed E-state index contributed by atoms with van der Waals surface area (Å²) in [5.74, 6) is 3.24. The second-order valence-corrected chi connectivity index (χ2v) is 14.9. The van der Waals surface area contributed by atoms with E-state index in [9.17, 15) is 0 Å². The molecule has 0 amide bonds. The SMILES string of the molecule is CC(C)CCC[C@@H](C)CCC1(CC[C@H](C)CCCC(C)C)c2cc(I)ccc2-c2ccc(I)cc21. The zero-order chi connectivity index (χ0) is 25.6. The number of benzene rings is 2. The highest BCUT2D eigenvalue weighted by Gasteiger charge is 2.43. The molecule has 194 valence electrons. The summed E-state index contributed by atoms with van der Waals surface area (Å²) in [5, 5.41) is 0. The first-order valence-corrected chi connectivity index (χ1v) is 16.4. The van der Waals surface area contributed by atoms with E-state index in [2.05, 4.69) is 123 Å². The number of fused-ring (bicyclic) bond motifs is 3. The van der Waals surface area contributed by atoms with Gasteiger partial charge in [0.1, 0.15) is 0 Å². The van der Waals surface area contributed by atoms with Gasteiger partial charge in [0.15, 0.2) is 0 Å². The molecule has 0 unspecified atom stereocenters. The molecule has 1 aliphatic rings. The van der Waals surface area contributed by atoms with Gasteiger partial charge in [0.05, 0.1) is 0 Å². The van der Waals surface area contributed by atoms with E-state index in [4.69, 9.17) is 0 Å². The fraction of sp³-hybridized carbons (Fsp3) is 0.636. The van der Waals surface area contributed by atoms with Crippen LogP contribution in [0.1, 0.15) is 117 Å². The Hall–Kier alpha value is -0.100. The van der Waals surface area contributed by atoms with Crippen LogP contribution in [0.5, 0.6) is 0 Å². The largest absolute Gasteiger partial charge is 0.0628 e. The van der Waals surface area contributed by atoms with Crippen molar-refractivity contribution in [2.45, 2.75) is 111 Å². The van der Waals surface area contributed by atoms with E-state index in [1.165, 1.54) is 82.5 Å². The number of hydrogen-bond acceptors (Lipinski definition) is 0. The highest BCUT2D eigenvalue weighted by Crippen LogP contribution is 2.55. The van der Waals surface area contributed by atoms with Gasteiger partial charge in [-0.1, -0.05) is 92.2 Å². The Labute approximate surface area is 244 Å². The average Bonchev–Trinajstić information content (AvgIpc) is 3.04. The molecule has 3 rings (SSSR count). The minimum absolute atomic E-state index is 0.172. The summed E-state index contributed by atoms with van der Waals surface area (Å²) < 4.78 is 2.76. The third-order valence-electron chi connectivity index (χ3n) is 8.37. The molecule has 2 atom stereocenters. The van der Waals surface area contributed by atoms with E-state index in [0.717, 1.165) is 23.7 Å². The van der Waals surface area contributed by atoms with E-state index in [1.807, 2.05) is 0 Å². The molecule has 0 aliphatic heterocycles. The van der Waals surface area contributed by atoms with Gasteiger partial charge in [-0.25, -0.2) is 0 Å². The predicted molar refractivity (Wildman–Crippen MR) is 172 cm³/mol. The second kappa shape index (κ2) is 13.6.